The molecule has 0 spiro atoms. The maximum absolute atomic E-state index is 12.7. The van der Waals surface area contributed by atoms with Crippen molar-refractivity contribution in [1.82, 2.24) is 0 Å². The average molecular weight is 356 g/mol. The molecular weight excluding hydrogens is 347 g/mol. The molecule has 20 heavy (non-hydrogen) atoms. The number of esters is 1. The van der Waals surface area contributed by atoms with Gasteiger partial charge in [0.05, 0.1) is 5.02 Å². The highest BCUT2D eigenvalue weighted by atomic mass is 79.9. The Bertz CT molecular complexity index is 653. The molecule has 0 heterocycles. The molecule has 0 aliphatic heterocycles. The number of hydrogen-bond donors (Lipinski definition) is 0. The normalized spacial score (nSPS) is 10.8. The van der Waals surface area contributed by atoms with Crippen molar-refractivity contribution in [2.75, 3.05) is 0 Å². The van der Waals surface area contributed by atoms with Crippen molar-refractivity contribution < 1.29 is 13.9 Å². The average Bonchev–Trinajstić information content (AvgIpc) is 2.41. The smallest absolute Gasteiger partial charge is 0.336 e. The van der Waals surface area contributed by atoms with Gasteiger partial charge >= 0.3 is 5.97 Å². The van der Waals surface area contributed by atoms with E-state index in [2.05, 4.69) is 15.9 Å². The molecule has 2 rings (SSSR count). The third-order valence-electron chi connectivity index (χ3n) is 2.39. The predicted molar refractivity (Wildman–Crippen MR) is 80.2 cm³/mol. The maximum atomic E-state index is 12.7. The van der Waals surface area contributed by atoms with E-state index in [1.807, 2.05) is 0 Å². The summed E-state index contributed by atoms with van der Waals surface area (Å²) < 4.78 is 18.6. The van der Waals surface area contributed by atoms with E-state index in [0.717, 1.165) is 4.47 Å². The van der Waals surface area contributed by atoms with E-state index in [0.29, 0.717) is 10.6 Å². The van der Waals surface area contributed by atoms with Gasteiger partial charge in [-0.1, -0.05) is 39.7 Å². The van der Waals surface area contributed by atoms with E-state index in [-0.39, 0.29) is 11.6 Å². The van der Waals surface area contributed by atoms with Gasteiger partial charge in [0, 0.05) is 10.5 Å². The number of benzene rings is 2. The molecule has 0 bridgehead atoms. The zero-order chi connectivity index (χ0) is 14.5. The summed E-state index contributed by atoms with van der Waals surface area (Å²) in [5.74, 6) is -0.603. The van der Waals surface area contributed by atoms with Crippen LogP contribution in [0.1, 0.15) is 5.56 Å². The fourth-order valence-corrected chi connectivity index (χ4v) is 2.15. The molecule has 0 amide bonds. The molecule has 2 nitrogen and oxygen atoms in total. The molecule has 2 aromatic carbocycles. The lowest BCUT2D eigenvalue weighted by Gasteiger charge is -2.03. The Morgan fingerprint density at radius 3 is 2.55 bits per heavy atom. The number of ether oxygens (including phenoxy) is 1. The molecule has 0 aliphatic carbocycles. The first-order valence-corrected chi connectivity index (χ1v) is 6.82. The lowest BCUT2D eigenvalue weighted by Crippen LogP contribution is -2.03. The summed E-state index contributed by atoms with van der Waals surface area (Å²) >= 11 is 9.20. The Morgan fingerprint density at radius 1 is 1.20 bits per heavy atom. The van der Waals surface area contributed by atoms with Crippen LogP contribution in [-0.4, -0.2) is 5.97 Å². The van der Waals surface area contributed by atoms with Gasteiger partial charge in [0.1, 0.15) is 11.6 Å². The molecule has 0 unspecified atom stereocenters. The van der Waals surface area contributed by atoms with Crippen molar-refractivity contribution in [3.8, 4) is 5.75 Å². The number of carbonyl (C=O) groups excluding carboxylic acids is 1. The van der Waals surface area contributed by atoms with Gasteiger partial charge in [0.2, 0.25) is 0 Å². The van der Waals surface area contributed by atoms with Crippen LogP contribution in [0.4, 0.5) is 4.39 Å². The van der Waals surface area contributed by atoms with Crippen molar-refractivity contribution in [3.63, 3.8) is 0 Å². The Kier molecular flexibility index (Phi) is 4.93. The van der Waals surface area contributed by atoms with Crippen LogP contribution >= 0.6 is 27.5 Å². The molecular formula is C15H9BrClFO2. The Labute approximate surface area is 129 Å². The highest BCUT2D eigenvalue weighted by Crippen LogP contribution is 2.27. The van der Waals surface area contributed by atoms with E-state index >= 15 is 0 Å². The number of hydrogen-bond acceptors (Lipinski definition) is 2. The third-order valence-corrected chi connectivity index (χ3v) is 3.17. The van der Waals surface area contributed by atoms with Crippen LogP contribution in [0.3, 0.4) is 0 Å². The fourth-order valence-electron chi connectivity index (χ4n) is 1.44. The van der Waals surface area contributed by atoms with Gasteiger partial charge in [-0.2, -0.15) is 0 Å². The van der Waals surface area contributed by atoms with E-state index < -0.39 is 5.97 Å². The lowest BCUT2D eigenvalue weighted by molar-refractivity contribution is -0.128. The van der Waals surface area contributed by atoms with Gasteiger partial charge in [0.25, 0.3) is 0 Å². The third kappa shape index (κ3) is 4.18. The second-order valence-electron chi connectivity index (χ2n) is 3.88. The largest absolute Gasteiger partial charge is 0.422 e. The predicted octanol–water partition coefficient (Wildman–Crippen LogP) is 4.86. The number of carbonyl (C=O) groups is 1. The minimum atomic E-state index is -0.557. The standard InChI is InChI=1S/C15H9BrClFO2/c16-11-4-7-14(13(17)9-11)20-15(19)8-3-10-1-5-12(18)6-2-10/h1-9H. The molecule has 0 saturated carbocycles. The minimum Gasteiger partial charge on any atom is -0.422 e. The number of rotatable bonds is 3. The van der Waals surface area contributed by atoms with Gasteiger partial charge in [0.15, 0.2) is 0 Å². The van der Waals surface area contributed by atoms with E-state index in [9.17, 15) is 9.18 Å². The summed E-state index contributed by atoms with van der Waals surface area (Å²) in [4.78, 5) is 11.6. The molecule has 0 N–H and O–H groups in total. The van der Waals surface area contributed by atoms with Crippen LogP contribution in [-0.2, 0) is 4.79 Å². The Balaban J connectivity index is 2.03. The first-order valence-electron chi connectivity index (χ1n) is 5.65. The SMILES string of the molecule is O=C(C=Cc1ccc(F)cc1)Oc1ccc(Br)cc1Cl. The van der Waals surface area contributed by atoms with Crippen molar-refractivity contribution in [2.45, 2.75) is 0 Å². The summed E-state index contributed by atoms with van der Waals surface area (Å²) in [6.45, 7) is 0. The van der Waals surface area contributed by atoms with Gasteiger partial charge in [-0.25, -0.2) is 9.18 Å². The Hall–Kier alpha value is -1.65. The molecule has 0 saturated heterocycles. The van der Waals surface area contributed by atoms with Gasteiger partial charge in [-0.05, 0) is 42.0 Å². The summed E-state index contributed by atoms with van der Waals surface area (Å²) in [6.07, 6.45) is 2.79. The molecule has 0 atom stereocenters. The van der Waals surface area contributed by atoms with Crippen molar-refractivity contribution in [2.24, 2.45) is 0 Å². The van der Waals surface area contributed by atoms with E-state index in [4.69, 9.17) is 16.3 Å². The van der Waals surface area contributed by atoms with Gasteiger partial charge < -0.3 is 4.74 Å². The highest BCUT2D eigenvalue weighted by molar-refractivity contribution is 9.10. The molecule has 102 valence electrons. The van der Waals surface area contributed by atoms with Gasteiger partial charge in [-0.3, -0.25) is 0 Å². The summed E-state index contributed by atoms with van der Waals surface area (Å²) in [5, 5.41) is 0.336. The second kappa shape index (κ2) is 6.68. The second-order valence-corrected chi connectivity index (χ2v) is 5.20. The molecule has 0 aliphatic rings. The van der Waals surface area contributed by atoms with Crippen molar-refractivity contribution in [1.29, 1.82) is 0 Å². The summed E-state index contributed by atoms with van der Waals surface area (Å²) in [6, 6.07) is 10.7. The molecule has 2 aromatic rings. The Morgan fingerprint density at radius 2 is 1.90 bits per heavy atom. The zero-order valence-corrected chi connectivity index (χ0v) is 12.5. The highest BCUT2D eigenvalue weighted by Gasteiger charge is 2.06. The van der Waals surface area contributed by atoms with E-state index in [1.165, 1.54) is 24.3 Å². The first-order chi connectivity index (χ1) is 9.54. The molecule has 5 heteroatoms. The van der Waals surface area contributed by atoms with Crippen LogP contribution in [0.5, 0.6) is 5.75 Å². The summed E-state index contributed by atoms with van der Waals surface area (Å²) in [7, 11) is 0. The van der Waals surface area contributed by atoms with Crippen molar-refractivity contribution in [3.05, 3.63) is 69.4 Å². The zero-order valence-electron chi connectivity index (χ0n) is 10.1. The monoisotopic (exact) mass is 354 g/mol. The maximum Gasteiger partial charge on any atom is 0.336 e. The van der Waals surface area contributed by atoms with Crippen LogP contribution < -0.4 is 4.74 Å². The fraction of sp³-hybridized carbons (Fsp3) is 0. The number of halogens is 3. The molecule has 0 aromatic heterocycles. The first kappa shape index (κ1) is 14.8. The molecule has 0 fully saturated rings. The quantitative estimate of drug-likeness (QED) is 0.446. The van der Waals surface area contributed by atoms with Crippen LogP contribution in [0.25, 0.3) is 6.08 Å². The lowest BCUT2D eigenvalue weighted by atomic mass is 10.2. The molecule has 0 radical (unpaired) electrons. The van der Waals surface area contributed by atoms with Crippen LogP contribution in [0, 0.1) is 5.82 Å². The van der Waals surface area contributed by atoms with E-state index in [1.54, 1.807) is 30.3 Å². The minimum absolute atomic E-state index is 0.281. The van der Waals surface area contributed by atoms with Crippen LogP contribution in [0.2, 0.25) is 5.02 Å². The van der Waals surface area contributed by atoms with Gasteiger partial charge in [-0.15, -0.1) is 0 Å². The topological polar surface area (TPSA) is 26.3 Å². The summed E-state index contributed by atoms with van der Waals surface area (Å²) in [5.41, 5.74) is 0.699. The van der Waals surface area contributed by atoms with Crippen LogP contribution in [0.15, 0.2) is 53.0 Å². The van der Waals surface area contributed by atoms with Crippen molar-refractivity contribution >= 4 is 39.6 Å².